The minimum Gasteiger partial charge on any atom is -0.495 e. The van der Waals surface area contributed by atoms with Crippen molar-refractivity contribution in [3.63, 3.8) is 0 Å². The SMILES string of the molecule is COc1ccccc1NC(=O)C(C)OC(=O)CN1C(=O)C2CCCCC2C1=O. The van der Waals surface area contributed by atoms with Crippen molar-refractivity contribution in [1.82, 2.24) is 4.90 Å². The van der Waals surface area contributed by atoms with E-state index in [0.29, 0.717) is 24.3 Å². The van der Waals surface area contributed by atoms with E-state index in [1.807, 2.05) is 0 Å². The van der Waals surface area contributed by atoms with Crippen molar-refractivity contribution in [1.29, 1.82) is 0 Å². The Kier molecular flexibility index (Phi) is 5.96. The molecule has 1 aliphatic heterocycles. The highest BCUT2D eigenvalue weighted by atomic mass is 16.5. The van der Waals surface area contributed by atoms with Gasteiger partial charge in [0.25, 0.3) is 5.91 Å². The van der Waals surface area contributed by atoms with Gasteiger partial charge in [-0.2, -0.15) is 0 Å². The lowest BCUT2D eigenvalue weighted by Gasteiger charge is -2.19. The summed E-state index contributed by atoms with van der Waals surface area (Å²) < 4.78 is 10.3. The molecule has 3 amide bonds. The summed E-state index contributed by atoms with van der Waals surface area (Å²) in [6.45, 7) is 0.965. The van der Waals surface area contributed by atoms with E-state index in [1.54, 1.807) is 24.3 Å². The molecule has 2 fully saturated rings. The molecular weight excluding hydrogens is 364 g/mol. The van der Waals surface area contributed by atoms with E-state index in [1.165, 1.54) is 14.0 Å². The average Bonchev–Trinajstić information content (AvgIpc) is 2.93. The predicted octanol–water partition coefficient (Wildman–Crippen LogP) is 1.74. The number of amides is 3. The molecule has 8 nitrogen and oxygen atoms in total. The molecule has 0 aromatic heterocycles. The van der Waals surface area contributed by atoms with Crippen molar-refractivity contribution in [2.75, 3.05) is 19.0 Å². The Morgan fingerprint density at radius 3 is 2.36 bits per heavy atom. The Bertz CT molecular complexity index is 769. The number of hydrogen-bond acceptors (Lipinski definition) is 6. The molecule has 28 heavy (non-hydrogen) atoms. The molecule has 3 rings (SSSR count). The number of imide groups is 1. The summed E-state index contributed by atoms with van der Waals surface area (Å²) in [7, 11) is 1.48. The van der Waals surface area contributed by atoms with Crippen LogP contribution in [0.25, 0.3) is 0 Å². The standard InChI is InChI=1S/C20H24N2O6/c1-12(18(24)21-15-9-5-6-10-16(15)27-2)28-17(23)11-22-19(25)13-7-3-4-8-14(13)20(22)26/h5-6,9-10,12-14H,3-4,7-8,11H2,1-2H3,(H,21,24). The van der Waals surface area contributed by atoms with Gasteiger partial charge in [0.15, 0.2) is 6.10 Å². The van der Waals surface area contributed by atoms with Crippen LogP contribution in [0.4, 0.5) is 5.69 Å². The topological polar surface area (TPSA) is 102 Å². The summed E-state index contributed by atoms with van der Waals surface area (Å²) in [5.74, 6) is -2.10. The molecule has 2 aliphatic rings. The van der Waals surface area contributed by atoms with Crippen molar-refractivity contribution in [3.8, 4) is 5.75 Å². The maximum absolute atomic E-state index is 12.4. The number of nitrogens with one attached hydrogen (secondary N) is 1. The Morgan fingerprint density at radius 2 is 1.75 bits per heavy atom. The second-order valence-corrected chi connectivity index (χ2v) is 7.08. The summed E-state index contributed by atoms with van der Waals surface area (Å²) in [4.78, 5) is 50.3. The van der Waals surface area contributed by atoms with Gasteiger partial charge in [0, 0.05) is 0 Å². The first-order valence-electron chi connectivity index (χ1n) is 9.41. The number of rotatable bonds is 6. The maximum Gasteiger partial charge on any atom is 0.326 e. The smallest absolute Gasteiger partial charge is 0.326 e. The minimum absolute atomic E-state index is 0.308. The number of methoxy groups -OCH3 is 1. The van der Waals surface area contributed by atoms with E-state index >= 15 is 0 Å². The number of carbonyl (C=O) groups excluding carboxylic acids is 4. The zero-order valence-electron chi connectivity index (χ0n) is 16.0. The molecule has 1 saturated heterocycles. The molecular formula is C20H24N2O6. The average molecular weight is 388 g/mol. The van der Waals surface area contributed by atoms with E-state index in [9.17, 15) is 19.2 Å². The number of likely N-dealkylation sites (tertiary alicyclic amines) is 1. The number of fused-ring (bicyclic) bond motifs is 1. The summed E-state index contributed by atoms with van der Waals surface area (Å²) >= 11 is 0. The maximum atomic E-state index is 12.4. The monoisotopic (exact) mass is 388 g/mol. The third kappa shape index (κ3) is 4.00. The van der Waals surface area contributed by atoms with Gasteiger partial charge in [-0.3, -0.25) is 24.1 Å². The van der Waals surface area contributed by atoms with Crippen LogP contribution in [0.15, 0.2) is 24.3 Å². The van der Waals surface area contributed by atoms with E-state index in [4.69, 9.17) is 9.47 Å². The van der Waals surface area contributed by atoms with Gasteiger partial charge < -0.3 is 14.8 Å². The summed E-state index contributed by atoms with van der Waals surface area (Å²) in [6, 6.07) is 6.85. The molecule has 3 atom stereocenters. The van der Waals surface area contributed by atoms with E-state index in [0.717, 1.165) is 17.7 Å². The van der Waals surface area contributed by atoms with Crippen LogP contribution in [0.3, 0.4) is 0 Å². The van der Waals surface area contributed by atoms with Gasteiger partial charge in [0.2, 0.25) is 11.8 Å². The Morgan fingerprint density at radius 1 is 1.14 bits per heavy atom. The van der Waals surface area contributed by atoms with E-state index < -0.39 is 24.5 Å². The molecule has 0 bridgehead atoms. The quantitative estimate of drug-likeness (QED) is 0.588. The van der Waals surface area contributed by atoms with Crippen LogP contribution in [0, 0.1) is 11.8 Å². The molecule has 0 radical (unpaired) electrons. The van der Waals surface area contributed by atoms with Crippen molar-refractivity contribution in [2.24, 2.45) is 11.8 Å². The van der Waals surface area contributed by atoms with Crippen LogP contribution >= 0.6 is 0 Å². The van der Waals surface area contributed by atoms with Gasteiger partial charge in [-0.15, -0.1) is 0 Å². The zero-order valence-corrected chi connectivity index (χ0v) is 16.0. The van der Waals surface area contributed by atoms with Crippen LogP contribution in [0.1, 0.15) is 32.6 Å². The molecule has 3 unspecified atom stereocenters. The van der Waals surface area contributed by atoms with E-state index in [2.05, 4.69) is 5.32 Å². The third-order valence-electron chi connectivity index (χ3n) is 5.26. The lowest BCUT2D eigenvalue weighted by Crippen LogP contribution is -2.39. The number of benzene rings is 1. The predicted molar refractivity (Wildman–Crippen MR) is 99.3 cm³/mol. The molecule has 1 heterocycles. The van der Waals surface area contributed by atoms with Crippen LogP contribution < -0.4 is 10.1 Å². The Hall–Kier alpha value is -2.90. The Balaban J connectivity index is 1.56. The van der Waals surface area contributed by atoms with Crippen molar-refractivity contribution in [3.05, 3.63) is 24.3 Å². The molecule has 1 aromatic carbocycles. The van der Waals surface area contributed by atoms with Gasteiger partial charge >= 0.3 is 5.97 Å². The van der Waals surface area contributed by atoms with E-state index in [-0.39, 0.29) is 23.7 Å². The zero-order chi connectivity index (χ0) is 20.3. The summed E-state index contributed by atoms with van der Waals surface area (Å²) in [5.41, 5.74) is 0.451. The van der Waals surface area contributed by atoms with Gasteiger partial charge in [-0.1, -0.05) is 25.0 Å². The molecule has 0 spiro atoms. The molecule has 1 saturated carbocycles. The molecule has 1 aromatic rings. The number of nitrogens with zero attached hydrogens (tertiary/aromatic N) is 1. The molecule has 8 heteroatoms. The summed E-state index contributed by atoms with van der Waals surface area (Å²) in [5, 5.41) is 2.63. The van der Waals surface area contributed by atoms with Gasteiger partial charge in [0.05, 0.1) is 24.6 Å². The number of hydrogen-bond donors (Lipinski definition) is 1. The van der Waals surface area contributed by atoms with Gasteiger partial charge in [0.1, 0.15) is 12.3 Å². The highest BCUT2D eigenvalue weighted by Crippen LogP contribution is 2.37. The fourth-order valence-corrected chi connectivity index (χ4v) is 3.79. The molecule has 1 aliphatic carbocycles. The number of carbonyl (C=O) groups is 4. The minimum atomic E-state index is -1.09. The van der Waals surface area contributed by atoms with Crippen molar-refractivity contribution in [2.45, 2.75) is 38.7 Å². The first-order valence-corrected chi connectivity index (χ1v) is 9.41. The molecule has 150 valence electrons. The largest absolute Gasteiger partial charge is 0.495 e. The highest BCUT2D eigenvalue weighted by molar-refractivity contribution is 6.07. The second-order valence-electron chi connectivity index (χ2n) is 7.08. The van der Waals surface area contributed by atoms with Crippen molar-refractivity contribution < 1.29 is 28.7 Å². The first kappa shape index (κ1) is 19.9. The third-order valence-corrected chi connectivity index (χ3v) is 5.26. The second kappa shape index (κ2) is 8.41. The van der Waals surface area contributed by atoms with Gasteiger partial charge in [-0.05, 0) is 31.9 Å². The lowest BCUT2D eigenvalue weighted by atomic mass is 9.81. The molecule has 1 N–H and O–H groups in total. The number of para-hydroxylation sites is 2. The van der Waals surface area contributed by atoms with Gasteiger partial charge in [-0.25, -0.2) is 0 Å². The highest BCUT2D eigenvalue weighted by Gasteiger charge is 2.48. The summed E-state index contributed by atoms with van der Waals surface area (Å²) in [6.07, 6.45) is 2.10. The normalized spacial score (nSPS) is 22.4. The number of ether oxygens (including phenoxy) is 2. The van der Waals surface area contributed by atoms with Crippen LogP contribution in [-0.2, 0) is 23.9 Å². The van der Waals surface area contributed by atoms with Crippen LogP contribution in [0.2, 0.25) is 0 Å². The first-order chi connectivity index (χ1) is 13.4. The fourth-order valence-electron chi connectivity index (χ4n) is 3.79. The fraction of sp³-hybridized carbons (Fsp3) is 0.500. The number of esters is 1. The van der Waals surface area contributed by atoms with Crippen LogP contribution in [-0.4, -0.2) is 48.3 Å². The number of anilines is 1. The van der Waals surface area contributed by atoms with Crippen LogP contribution in [0.5, 0.6) is 5.75 Å². The Labute approximate surface area is 163 Å². The lowest BCUT2D eigenvalue weighted by molar-refractivity contribution is -0.158. The van der Waals surface area contributed by atoms with Crippen molar-refractivity contribution >= 4 is 29.4 Å².